The third kappa shape index (κ3) is 6.86. The number of benzene rings is 3. The topological polar surface area (TPSA) is 79.5 Å². The van der Waals surface area contributed by atoms with E-state index in [1.165, 1.54) is 6.07 Å². The van der Waals surface area contributed by atoms with Gasteiger partial charge in [-0.05, 0) is 47.9 Å². The van der Waals surface area contributed by atoms with Gasteiger partial charge in [0.15, 0.2) is 0 Å². The number of carbonyl (C=O) groups is 1. The Morgan fingerprint density at radius 3 is 2.24 bits per heavy atom. The van der Waals surface area contributed by atoms with Crippen LogP contribution in [0.5, 0.6) is 0 Å². The number of aromatic nitrogens is 2. The first-order valence-corrected chi connectivity index (χ1v) is 12.3. The Morgan fingerprint density at radius 2 is 1.63 bits per heavy atom. The molecular formula is C29H30F3N3O3. The van der Waals surface area contributed by atoms with Crippen LogP contribution in [0.4, 0.5) is 13.2 Å². The summed E-state index contributed by atoms with van der Waals surface area (Å²) < 4.78 is 47.2. The number of carboxylic acids is 1. The molecule has 0 amide bonds. The van der Waals surface area contributed by atoms with E-state index in [1.807, 2.05) is 32.9 Å². The molecule has 0 bridgehead atoms. The van der Waals surface area contributed by atoms with Crippen molar-refractivity contribution in [1.82, 2.24) is 15.0 Å². The van der Waals surface area contributed by atoms with Gasteiger partial charge in [0.25, 0.3) is 5.89 Å². The van der Waals surface area contributed by atoms with E-state index in [4.69, 9.17) is 9.63 Å². The van der Waals surface area contributed by atoms with Crippen LogP contribution in [-0.4, -0.2) is 39.2 Å². The monoisotopic (exact) mass is 525 g/mol. The minimum Gasteiger partial charge on any atom is -0.480 e. The summed E-state index contributed by atoms with van der Waals surface area (Å²) in [6.07, 6.45) is -4.57. The number of halogens is 3. The number of hydrogen-bond acceptors (Lipinski definition) is 5. The zero-order chi connectivity index (χ0) is 27.9. The first kappa shape index (κ1) is 28.6. The van der Waals surface area contributed by atoms with Gasteiger partial charge < -0.3 is 9.63 Å². The van der Waals surface area contributed by atoms with E-state index in [1.54, 1.807) is 54.3 Å². The van der Waals surface area contributed by atoms with Crippen molar-refractivity contribution >= 4 is 5.97 Å². The van der Waals surface area contributed by atoms with Crippen molar-refractivity contribution < 1.29 is 27.6 Å². The molecule has 0 aliphatic carbocycles. The molecule has 1 N–H and O–H groups in total. The van der Waals surface area contributed by atoms with Crippen molar-refractivity contribution in [2.24, 2.45) is 0 Å². The van der Waals surface area contributed by atoms with E-state index in [0.717, 1.165) is 17.2 Å². The first-order valence-electron chi connectivity index (χ1n) is 12.3. The van der Waals surface area contributed by atoms with Crippen molar-refractivity contribution in [3.63, 3.8) is 0 Å². The van der Waals surface area contributed by atoms with Gasteiger partial charge >= 0.3 is 12.1 Å². The largest absolute Gasteiger partial charge is 0.480 e. The minimum absolute atomic E-state index is 0.0190. The lowest BCUT2D eigenvalue weighted by Gasteiger charge is -2.17. The van der Waals surface area contributed by atoms with Gasteiger partial charge in [-0.2, -0.15) is 18.2 Å². The summed E-state index contributed by atoms with van der Waals surface area (Å²) in [4.78, 5) is 17.1. The molecule has 0 atom stereocenters. The molecule has 4 aromatic rings. The number of nitrogens with zero attached hydrogens (tertiary/aromatic N) is 3. The molecule has 38 heavy (non-hydrogen) atoms. The van der Waals surface area contributed by atoms with Crippen molar-refractivity contribution in [3.8, 4) is 34.0 Å². The van der Waals surface area contributed by atoms with Crippen LogP contribution >= 0.6 is 0 Å². The van der Waals surface area contributed by atoms with Gasteiger partial charge in [0.2, 0.25) is 5.82 Å². The summed E-state index contributed by atoms with van der Waals surface area (Å²) in [5.41, 5.74) is 2.26. The molecule has 0 aliphatic rings. The zero-order valence-corrected chi connectivity index (χ0v) is 21.7. The average molecular weight is 526 g/mol. The summed E-state index contributed by atoms with van der Waals surface area (Å²) >= 11 is 0. The molecule has 1 aromatic heterocycles. The van der Waals surface area contributed by atoms with Crippen LogP contribution in [0, 0.1) is 6.92 Å². The Labute approximate surface area is 219 Å². The number of rotatable bonds is 8. The fraction of sp³-hybridized carbons (Fsp3) is 0.276. The Kier molecular flexibility index (Phi) is 9.41. The Bertz CT molecular complexity index is 1370. The predicted octanol–water partition coefficient (Wildman–Crippen LogP) is 7.33. The SMILES string of the molecule is CC.CCN(CC(=O)O)Cc1ccc(-c2noc(-c3ccc(-c4ccccc4C)c(C(F)(F)F)c3)n2)cc1. The third-order valence-electron chi connectivity index (χ3n) is 5.86. The third-order valence-corrected chi connectivity index (χ3v) is 5.86. The van der Waals surface area contributed by atoms with Gasteiger partial charge in [-0.3, -0.25) is 9.69 Å². The normalized spacial score (nSPS) is 11.3. The second-order valence-corrected chi connectivity index (χ2v) is 8.39. The second-order valence-electron chi connectivity index (χ2n) is 8.39. The summed E-state index contributed by atoms with van der Waals surface area (Å²) in [6.45, 7) is 8.65. The van der Waals surface area contributed by atoms with E-state index in [2.05, 4.69) is 10.1 Å². The molecule has 0 saturated heterocycles. The van der Waals surface area contributed by atoms with Gasteiger partial charge in [0.05, 0.1) is 12.1 Å². The maximum atomic E-state index is 14.0. The van der Waals surface area contributed by atoms with Crippen LogP contribution in [0.2, 0.25) is 0 Å². The second kappa shape index (κ2) is 12.5. The van der Waals surface area contributed by atoms with Gasteiger partial charge in [-0.25, -0.2) is 0 Å². The van der Waals surface area contributed by atoms with Crippen molar-refractivity contribution in [2.45, 2.75) is 40.4 Å². The van der Waals surface area contributed by atoms with E-state index in [9.17, 15) is 18.0 Å². The minimum atomic E-state index is -4.57. The fourth-order valence-corrected chi connectivity index (χ4v) is 3.97. The highest BCUT2D eigenvalue weighted by Crippen LogP contribution is 2.40. The zero-order valence-electron chi connectivity index (χ0n) is 21.7. The van der Waals surface area contributed by atoms with Crippen LogP contribution < -0.4 is 0 Å². The summed E-state index contributed by atoms with van der Waals surface area (Å²) in [5, 5.41) is 12.9. The number of aryl methyl sites for hydroxylation is 1. The average Bonchev–Trinajstić information content (AvgIpc) is 3.39. The molecule has 0 aliphatic heterocycles. The van der Waals surface area contributed by atoms with E-state index < -0.39 is 17.7 Å². The van der Waals surface area contributed by atoms with Gasteiger partial charge in [-0.1, -0.05) is 80.5 Å². The number of aliphatic carboxylic acids is 1. The molecule has 0 radical (unpaired) electrons. The highest BCUT2D eigenvalue weighted by atomic mass is 19.4. The lowest BCUT2D eigenvalue weighted by Crippen LogP contribution is -2.28. The van der Waals surface area contributed by atoms with E-state index >= 15 is 0 Å². The number of alkyl halides is 3. The Balaban J connectivity index is 0.00000195. The highest BCUT2D eigenvalue weighted by Gasteiger charge is 2.34. The molecule has 0 fully saturated rings. The molecule has 6 nitrogen and oxygen atoms in total. The Hall–Kier alpha value is -3.98. The summed E-state index contributed by atoms with van der Waals surface area (Å²) in [7, 11) is 0. The number of likely N-dealkylation sites (N-methyl/N-ethyl adjacent to an activating group) is 1. The molecule has 0 unspecified atom stereocenters. The maximum absolute atomic E-state index is 14.0. The van der Waals surface area contributed by atoms with Crippen molar-refractivity contribution in [3.05, 3.63) is 83.4 Å². The quantitative estimate of drug-likeness (QED) is 0.259. The smallest absolute Gasteiger partial charge is 0.417 e. The van der Waals surface area contributed by atoms with Gasteiger partial charge in [0.1, 0.15) is 0 Å². The van der Waals surface area contributed by atoms with Gasteiger partial charge in [0, 0.05) is 17.7 Å². The molecule has 0 saturated carbocycles. The van der Waals surface area contributed by atoms with Crippen LogP contribution in [0.25, 0.3) is 34.0 Å². The van der Waals surface area contributed by atoms with Crippen molar-refractivity contribution in [1.29, 1.82) is 0 Å². The highest BCUT2D eigenvalue weighted by molar-refractivity contribution is 5.74. The van der Waals surface area contributed by atoms with Crippen LogP contribution in [0.15, 0.2) is 71.3 Å². The lowest BCUT2D eigenvalue weighted by molar-refractivity contribution is -0.138. The van der Waals surface area contributed by atoms with Crippen molar-refractivity contribution in [2.75, 3.05) is 13.1 Å². The van der Waals surface area contributed by atoms with Crippen LogP contribution in [0.1, 0.15) is 37.5 Å². The predicted molar refractivity (Wildman–Crippen MR) is 140 cm³/mol. The van der Waals surface area contributed by atoms with Crippen LogP contribution in [-0.2, 0) is 17.5 Å². The molecule has 9 heteroatoms. The molecule has 0 spiro atoms. The molecule has 4 rings (SSSR count). The van der Waals surface area contributed by atoms with Crippen LogP contribution in [0.3, 0.4) is 0 Å². The fourth-order valence-electron chi connectivity index (χ4n) is 3.97. The standard InChI is InChI=1S/C27H24F3N3O3.C2H6/c1-3-33(16-24(34)35)15-18-8-10-19(11-9-18)25-31-26(36-32-25)20-12-13-22(23(14-20)27(28,29)30)21-7-5-4-6-17(21)2;1-2/h4-14H,3,15-16H2,1-2H3,(H,34,35);1-2H3. The maximum Gasteiger partial charge on any atom is 0.417 e. The molecular weight excluding hydrogens is 495 g/mol. The molecule has 1 heterocycles. The Morgan fingerprint density at radius 1 is 0.974 bits per heavy atom. The number of hydrogen-bond donors (Lipinski definition) is 1. The van der Waals surface area contributed by atoms with E-state index in [-0.39, 0.29) is 29.4 Å². The van der Waals surface area contributed by atoms with Gasteiger partial charge in [-0.15, -0.1) is 0 Å². The summed E-state index contributed by atoms with van der Waals surface area (Å²) in [5.74, 6) is -0.672. The number of carboxylic acid groups (broad SMARTS) is 1. The molecule has 200 valence electrons. The lowest BCUT2D eigenvalue weighted by atomic mass is 9.94. The van der Waals surface area contributed by atoms with E-state index in [0.29, 0.717) is 24.2 Å². The summed E-state index contributed by atoms with van der Waals surface area (Å²) in [6, 6.07) is 18.1. The molecule has 3 aromatic carbocycles. The first-order chi connectivity index (χ1) is 18.2.